The number of nitrogens with one attached hydrogen (secondary N) is 1. The van der Waals surface area contributed by atoms with Crippen LogP contribution in [-0.2, 0) is 4.79 Å². The van der Waals surface area contributed by atoms with Crippen LogP contribution in [0.25, 0.3) is 6.08 Å². The van der Waals surface area contributed by atoms with Crippen LogP contribution in [0.4, 0.5) is 5.69 Å². The summed E-state index contributed by atoms with van der Waals surface area (Å²) in [6.45, 7) is 3.04. The molecule has 7 heteroatoms. The van der Waals surface area contributed by atoms with Crippen molar-refractivity contribution in [3.63, 3.8) is 0 Å². The van der Waals surface area contributed by atoms with Gasteiger partial charge in [-0.25, -0.2) is 0 Å². The van der Waals surface area contributed by atoms with Crippen LogP contribution >= 0.6 is 11.8 Å². The zero-order valence-electron chi connectivity index (χ0n) is 10.6. The van der Waals surface area contributed by atoms with Crippen molar-refractivity contribution in [1.29, 1.82) is 0 Å². The van der Waals surface area contributed by atoms with Crippen LogP contribution in [0.3, 0.4) is 0 Å². The zero-order chi connectivity index (χ0) is 14.4. The minimum Gasteiger partial charge on any atom is -0.323 e. The summed E-state index contributed by atoms with van der Waals surface area (Å²) in [5.74, 6) is 0.663. The van der Waals surface area contributed by atoms with Gasteiger partial charge in [0, 0.05) is 30.0 Å². The molecule has 1 rings (SSSR count). The Hall–Kier alpha value is -1.89. The van der Waals surface area contributed by atoms with Gasteiger partial charge in [-0.15, -0.1) is 0 Å². The highest BCUT2D eigenvalue weighted by Gasteiger charge is 2.17. The number of aromatic amines is 1. The van der Waals surface area contributed by atoms with E-state index in [1.165, 1.54) is 31.8 Å². The van der Waals surface area contributed by atoms with Gasteiger partial charge in [0.2, 0.25) is 0 Å². The molecule has 1 N–H and O–H groups in total. The SMILES string of the molecule is CC(=O)SCCC=Cc1c[nH]c(=O)c([N+](=O)[O-])c1C. The first-order valence-corrected chi connectivity index (χ1v) is 6.58. The molecule has 1 aromatic heterocycles. The van der Waals surface area contributed by atoms with Gasteiger partial charge in [0.1, 0.15) is 0 Å². The largest absolute Gasteiger partial charge is 0.337 e. The number of hydrogen-bond donors (Lipinski definition) is 1. The standard InChI is InChI=1S/C12H14N2O4S/c1-8-10(5-3-4-6-19-9(2)15)7-13-12(16)11(8)14(17)18/h3,5,7H,4,6H2,1-2H3,(H,13,16). The van der Waals surface area contributed by atoms with Crippen molar-refractivity contribution in [2.45, 2.75) is 20.3 Å². The number of nitro groups is 1. The molecule has 0 radical (unpaired) electrons. The van der Waals surface area contributed by atoms with E-state index < -0.39 is 16.2 Å². The number of carbonyl (C=O) groups is 1. The van der Waals surface area contributed by atoms with Crippen molar-refractivity contribution in [3.8, 4) is 0 Å². The van der Waals surface area contributed by atoms with Gasteiger partial charge in [0.25, 0.3) is 0 Å². The van der Waals surface area contributed by atoms with Gasteiger partial charge in [-0.2, -0.15) is 0 Å². The number of carbonyl (C=O) groups excluding carboxylic acids is 1. The maximum Gasteiger partial charge on any atom is 0.337 e. The Bertz CT molecular complexity index is 578. The smallest absolute Gasteiger partial charge is 0.323 e. The van der Waals surface area contributed by atoms with E-state index >= 15 is 0 Å². The molecular formula is C12H14N2O4S. The van der Waals surface area contributed by atoms with Crippen molar-refractivity contribution < 1.29 is 9.72 Å². The summed E-state index contributed by atoms with van der Waals surface area (Å²) in [4.78, 5) is 34.5. The molecule has 0 saturated heterocycles. The highest BCUT2D eigenvalue weighted by molar-refractivity contribution is 8.13. The van der Waals surface area contributed by atoms with Crippen molar-refractivity contribution in [2.24, 2.45) is 0 Å². The predicted molar refractivity (Wildman–Crippen MR) is 75.2 cm³/mol. The van der Waals surface area contributed by atoms with E-state index in [0.717, 1.165) is 0 Å². The summed E-state index contributed by atoms with van der Waals surface area (Å²) in [5.41, 5.74) is -0.199. The Balaban J connectivity index is 2.82. The highest BCUT2D eigenvalue weighted by atomic mass is 32.2. The van der Waals surface area contributed by atoms with Crippen LogP contribution < -0.4 is 5.56 Å². The molecule has 102 valence electrons. The summed E-state index contributed by atoms with van der Waals surface area (Å²) >= 11 is 1.22. The van der Waals surface area contributed by atoms with Crippen LogP contribution in [0, 0.1) is 17.0 Å². The van der Waals surface area contributed by atoms with Crippen molar-refractivity contribution in [1.82, 2.24) is 4.98 Å². The molecule has 0 unspecified atom stereocenters. The predicted octanol–water partition coefficient (Wildman–Crippen LogP) is 2.27. The molecule has 6 nitrogen and oxygen atoms in total. The Morgan fingerprint density at radius 1 is 1.58 bits per heavy atom. The van der Waals surface area contributed by atoms with E-state index in [-0.39, 0.29) is 5.12 Å². The van der Waals surface area contributed by atoms with Crippen molar-refractivity contribution in [3.05, 3.63) is 43.9 Å². The highest BCUT2D eigenvalue weighted by Crippen LogP contribution is 2.17. The lowest BCUT2D eigenvalue weighted by atomic mass is 10.1. The fourth-order valence-electron chi connectivity index (χ4n) is 1.50. The Morgan fingerprint density at radius 2 is 2.26 bits per heavy atom. The van der Waals surface area contributed by atoms with Crippen molar-refractivity contribution >= 4 is 28.6 Å². The molecule has 0 amide bonds. The van der Waals surface area contributed by atoms with Gasteiger partial charge >= 0.3 is 11.2 Å². The summed E-state index contributed by atoms with van der Waals surface area (Å²) in [6, 6.07) is 0. The topological polar surface area (TPSA) is 93.1 Å². The molecule has 0 aliphatic rings. The van der Waals surface area contributed by atoms with E-state index in [2.05, 4.69) is 4.98 Å². The third-order valence-corrected chi connectivity index (χ3v) is 3.28. The van der Waals surface area contributed by atoms with Gasteiger partial charge < -0.3 is 4.98 Å². The molecule has 19 heavy (non-hydrogen) atoms. The van der Waals surface area contributed by atoms with Gasteiger partial charge in [-0.1, -0.05) is 23.9 Å². The number of H-pyrrole nitrogens is 1. The lowest BCUT2D eigenvalue weighted by Crippen LogP contribution is -2.13. The minimum absolute atomic E-state index is 0.0595. The van der Waals surface area contributed by atoms with Gasteiger partial charge in [-0.05, 0) is 13.3 Å². The number of thioether (sulfide) groups is 1. The molecule has 0 spiro atoms. The molecule has 1 heterocycles. The average Bonchev–Trinajstić information content (AvgIpc) is 2.30. The van der Waals surface area contributed by atoms with Crippen LogP contribution in [0.1, 0.15) is 24.5 Å². The normalized spacial score (nSPS) is 10.8. The summed E-state index contributed by atoms with van der Waals surface area (Å²) in [5, 5.41) is 10.8. The van der Waals surface area contributed by atoms with Crippen LogP contribution in [-0.4, -0.2) is 20.8 Å². The van der Waals surface area contributed by atoms with Gasteiger partial charge in [-0.3, -0.25) is 19.7 Å². The summed E-state index contributed by atoms with van der Waals surface area (Å²) in [6.07, 6.45) is 5.65. The molecule has 0 aliphatic carbocycles. The zero-order valence-corrected chi connectivity index (χ0v) is 11.5. The first-order valence-electron chi connectivity index (χ1n) is 5.60. The number of aromatic nitrogens is 1. The quantitative estimate of drug-likeness (QED) is 0.508. The third kappa shape index (κ3) is 4.36. The maximum atomic E-state index is 11.3. The third-order valence-electron chi connectivity index (χ3n) is 2.43. The first-order chi connectivity index (χ1) is 8.93. The second-order valence-corrected chi connectivity index (χ2v) is 5.11. The van der Waals surface area contributed by atoms with E-state index in [1.54, 1.807) is 6.08 Å². The molecule has 0 atom stereocenters. The molecular weight excluding hydrogens is 268 g/mol. The van der Waals surface area contributed by atoms with Gasteiger partial charge in [0.15, 0.2) is 5.12 Å². The minimum atomic E-state index is -0.702. The fraction of sp³-hybridized carbons (Fsp3) is 0.333. The summed E-state index contributed by atoms with van der Waals surface area (Å²) < 4.78 is 0. The lowest BCUT2D eigenvalue weighted by Gasteiger charge is -2.00. The van der Waals surface area contributed by atoms with E-state index in [4.69, 9.17) is 0 Å². The van der Waals surface area contributed by atoms with Crippen LogP contribution in [0.2, 0.25) is 0 Å². The van der Waals surface area contributed by atoms with E-state index in [0.29, 0.717) is 23.3 Å². The molecule has 0 bridgehead atoms. The summed E-state index contributed by atoms with van der Waals surface area (Å²) in [7, 11) is 0. The maximum absolute atomic E-state index is 11.3. The Kier molecular flexibility index (Phi) is 5.50. The first kappa shape index (κ1) is 15.2. The van der Waals surface area contributed by atoms with Crippen LogP contribution in [0.15, 0.2) is 17.1 Å². The Morgan fingerprint density at radius 3 is 2.84 bits per heavy atom. The van der Waals surface area contributed by atoms with Crippen LogP contribution in [0.5, 0.6) is 0 Å². The number of rotatable bonds is 5. The average molecular weight is 282 g/mol. The number of pyridine rings is 1. The second-order valence-electron chi connectivity index (χ2n) is 3.83. The lowest BCUT2D eigenvalue weighted by molar-refractivity contribution is -0.386. The number of nitrogens with zero attached hydrogens (tertiary/aromatic N) is 1. The molecule has 0 saturated carbocycles. The fourth-order valence-corrected chi connectivity index (χ4v) is 2.04. The van der Waals surface area contributed by atoms with E-state index in [1.807, 2.05) is 6.08 Å². The number of hydrogen-bond acceptors (Lipinski definition) is 5. The number of allylic oxidation sites excluding steroid dienone is 1. The molecule has 0 fully saturated rings. The van der Waals surface area contributed by atoms with Crippen molar-refractivity contribution in [2.75, 3.05) is 5.75 Å². The Labute approximate surface area is 114 Å². The van der Waals surface area contributed by atoms with Gasteiger partial charge in [0.05, 0.1) is 4.92 Å². The second kappa shape index (κ2) is 6.89. The monoisotopic (exact) mass is 282 g/mol. The van der Waals surface area contributed by atoms with E-state index in [9.17, 15) is 19.7 Å². The molecule has 0 aromatic carbocycles. The molecule has 1 aromatic rings. The molecule has 0 aliphatic heterocycles.